The summed E-state index contributed by atoms with van der Waals surface area (Å²) >= 11 is 0. The van der Waals surface area contributed by atoms with Crippen molar-refractivity contribution < 1.29 is 38.9 Å². The molecule has 3 aromatic rings. The first-order valence-electron chi connectivity index (χ1n) is 14.0. The number of nitrogens with zero attached hydrogens (tertiary/aromatic N) is 2. The highest BCUT2D eigenvalue weighted by molar-refractivity contribution is 6.05. The molecule has 12 nitrogen and oxygen atoms in total. The Bertz CT molecular complexity index is 1590. The molecule has 0 atom stereocenters. The second kappa shape index (κ2) is 14.2. The lowest BCUT2D eigenvalue weighted by Crippen LogP contribution is -2.47. The Morgan fingerprint density at radius 3 is 2.09 bits per heavy atom. The van der Waals surface area contributed by atoms with Gasteiger partial charge in [-0.25, -0.2) is 4.79 Å². The topological polar surface area (TPSA) is 166 Å². The minimum absolute atomic E-state index is 0.000781. The number of anilines is 4. The summed E-state index contributed by atoms with van der Waals surface area (Å²) in [4.78, 5) is 64.3. The molecule has 1 aliphatic heterocycles. The van der Waals surface area contributed by atoms with Crippen molar-refractivity contribution in [3.8, 4) is 5.75 Å². The monoisotopic (exact) mass is 602 g/mol. The summed E-state index contributed by atoms with van der Waals surface area (Å²) in [6, 6.07) is 17.1. The number of fused-ring (bicyclic) bond motifs is 1. The Kier molecular flexibility index (Phi) is 10.2. The Morgan fingerprint density at radius 1 is 0.750 bits per heavy atom. The molecule has 0 aromatic heterocycles. The lowest BCUT2D eigenvalue weighted by atomic mass is 10.0. The lowest BCUT2D eigenvalue weighted by Gasteiger charge is -2.37. The van der Waals surface area contributed by atoms with Gasteiger partial charge in [0.25, 0.3) is 0 Å². The molecule has 0 saturated carbocycles. The number of benzene rings is 3. The number of methoxy groups -OCH3 is 1. The Balaban J connectivity index is 1.51. The quantitative estimate of drug-likeness (QED) is 0.250. The number of aliphatic carboxylic acids is 2. The number of hydrogen-bond acceptors (Lipinski definition) is 6. The molecular weight excluding hydrogens is 568 g/mol. The first kappa shape index (κ1) is 31.5. The fourth-order valence-electron chi connectivity index (χ4n) is 4.94. The number of carboxylic acid groups (broad SMARTS) is 2. The molecule has 1 heterocycles. The summed E-state index contributed by atoms with van der Waals surface area (Å²) in [5.74, 6) is -2.33. The van der Waals surface area contributed by atoms with Gasteiger partial charge in [0, 0.05) is 31.6 Å². The van der Waals surface area contributed by atoms with E-state index in [0.29, 0.717) is 39.6 Å². The van der Waals surface area contributed by atoms with Gasteiger partial charge in [-0.2, -0.15) is 0 Å². The molecule has 3 aromatic carbocycles. The maximum Gasteiger partial charge on any atom is 0.323 e. The van der Waals surface area contributed by atoms with E-state index in [0.717, 1.165) is 5.56 Å². The van der Waals surface area contributed by atoms with Crippen molar-refractivity contribution in [3.05, 3.63) is 77.4 Å². The summed E-state index contributed by atoms with van der Waals surface area (Å²) in [5.41, 5.74) is 4.22. The van der Waals surface area contributed by atoms with Crippen LogP contribution in [0.1, 0.15) is 36.0 Å². The highest BCUT2D eigenvalue weighted by Crippen LogP contribution is 2.36. The van der Waals surface area contributed by atoms with Gasteiger partial charge in [0.05, 0.1) is 37.0 Å². The van der Waals surface area contributed by atoms with Gasteiger partial charge in [-0.05, 0) is 60.4 Å². The first-order chi connectivity index (χ1) is 21.0. The zero-order chi connectivity index (χ0) is 31.8. The fraction of sp³-hybridized carbons (Fsp3) is 0.281. The standard InChI is InChI=1S/C32H34N4O8/c1-20-5-3-4-6-23(20)33-32(43)34-24-10-7-22(18-27(24)44-2)19-29(38)35-15-16-36(28(37)12-14-31(41)42)26-17-21(8-11-25(26)35)9-13-30(39)40/h3-8,10-11,17-18H,9,12-16,19H2,1-2H3,(H,39,40)(H,41,42)(H2,33,34,43). The zero-order valence-electron chi connectivity index (χ0n) is 24.5. The number of nitrogens with one attached hydrogen (secondary N) is 2. The number of hydrogen-bond donors (Lipinski definition) is 4. The van der Waals surface area contributed by atoms with Crippen molar-refractivity contribution in [2.45, 2.75) is 39.0 Å². The summed E-state index contributed by atoms with van der Waals surface area (Å²) in [5, 5.41) is 23.7. The maximum absolute atomic E-state index is 13.6. The number of para-hydroxylation sites is 1. The van der Waals surface area contributed by atoms with E-state index in [1.165, 1.54) is 12.0 Å². The smallest absolute Gasteiger partial charge is 0.323 e. The predicted octanol–water partition coefficient (Wildman–Crippen LogP) is 4.45. The van der Waals surface area contributed by atoms with Crippen molar-refractivity contribution >= 4 is 52.5 Å². The van der Waals surface area contributed by atoms with Crippen molar-refractivity contribution in [1.29, 1.82) is 0 Å². The average Bonchev–Trinajstić information content (AvgIpc) is 2.99. The molecular formula is C32H34N4O8. The van der Waals surface area contributed by atoms with E-state index >= 15 is 0 Å². The number of amides is 4. The van der Waals surface area contributed by atoms with Crippen molar-refractivity contribution in [3.63, 3.8) is 0 Å². The van der Waals surface area contributed by atoms with Gasteiger partial charge in [0.2, 0.25) is 11.8 Å². The molecule has 44 heavy (non-hydrogen) atoms. The number of carbonyl (C=O) groups is 5. The van der Waals surface area contributed by atoms with E-state index in [1.54, 1.807) is 47.4 Å². The SMILES string of the molecule is COc1cc(CC(=O)N2CCN(C(=O)CCC(=O)O)c3cc(CCC(=O)O)ccc32)ccc1NC(=O)Nc1ccccc1C. The van der Waals surface area contributed by atoms with Crippen molar-refractivity contribution in [2.75, 3.05) is 40.6 Å². The van der Waals surface area contributed by atoms with Crippen LogP contribution in [0.4, 0.5) is 27.5 Å². The Hall–Kier alpha value is -5.39. The third-order valence-corrected chi connectivity index (χ3v) is 7.21. The van der Waals surface area contributed by atoms with Gasteiger partial charge in [-0.15, -0.1) is 0 Å². The maximum atomic E-state index is 13.6. The second-order valence-corrected chi connectivity index (χ2v) is 10.3. The van der Waals surface area contributed by atoms with E-state index < -0.39 is 23.9 Å². The van der Waals surface area contributed by atoms with Crippen molar-refractivity contribution in [2.24, 2.45) is 0 Å². The van der Waals surface area contributed by atoms with Crippen LogP contribution in [0.15, 0.2) is 60.7 Å². The second-order valence-electron chi connectivity index (χ2n) is 10.3. The van der Waals surface area contributed by atoms with E-state index in [9.17, 15) is 24.0 Å². The Labute approximate surface area is 254 Å². The van der Waals surface area contributed by atoms with Crippen LogP contribution in [0.25, 0.3) is 0 Å². The van der Waals surface area contributed by atoms with E-state index in [1.807, 2.05) is 25.1 Å². The molecule has 0 radical (unpaired) electrons. The van der Waals surface area contributed by atoms with Crippen LogP contribution < -0.4 is 25.2 Å². The third kappa shape index (κ3) is 7.91. The number of aryl methyl sites for hydroxylation is 2. The summed E-state index contributed by atoms with van der Waals surface area (Å²) < 4.78 is 5.48. The van der Waals surface area contributed by atoms with E-state index in [-0.39, 0.29) is 51.1 Å². The fourth-order valence-corrected chi connectivity index (χ4v) is 4.94. The van der Waals surface area contributed by atoms with Crippen LogP contribution in [0.2, 0.25) is 0 Å². The van der Waals surface area contributed by atoms with Crippen LogP contribution in [0, 0.1) is 6.92 Å². The Morgan fingerprint density at radius 2 is 1.41 bits per heavy atom. The van der Waals surface area contributed by atoms with E-state index in [4.69, 9.17) is 14.9 Å². The van der Waals surface area contributed by atoms with Gasteiger partial charge in [-0.3, -0.25) is 19.2 Å². The van der Waals surface area contributed by atoms with Gasteiger partial charge in [0.15, 0.2) is 0 Å². The normalized spacial score (nSPS) is 12.2. The molecule has 12 heteroatoms. The number of carbonyl (C=O) groups excluding carboxylic acids is 3. The average molecular weight is 603 g/mol. The molecule has 230 valence electrons. The van der Waals surface area contributed by atoms with Gasteiger partial charge in [0.1, 0.15) is 5.75 Å². The highest BCUT2D eigenvalue weighted by Gasteiger charge is 2.30. The first-order valence-corrected chi connectivity index (χ1v) is 14.0. The van der Waals surface area contributed by atoms with Crippen LogP contribution in [0.3, 0.4) is 0 Å². The van der Waals surface area contributed by atoms with Crippen LogP contribution in [-0.4, -0.2) is 60.2 Å². The molecule has 4 amide bonds. The van der Waals surface area contributed by atoms with Crippen molar-refractivity contribution in [1.82, 2.24) is 0 Å². The summed E-state index contributed by atoms with van der Waals surface area (Å²) in [7, 11) is 1.46. The minimum Gasteiger partial charge on any atom is -0.495 e. The van der Waals surface area contributed by atoms with Crippen LogP contribution >= 0.6 is 0 Å². The molecule has 0 fully saturated rings. The zero-order valence-corrected chi connectivity index (χ0v) is 24.5. The minimum atomic E-state index is -1.09. The largest absolute Gasteiger partial charge is 0.495 e. The van der Waals surface area contributed by atoms with E-state index in [2.05, 4.69) is 10.6 Å². The number of rotatable bonds is 11. The number of ether oxygens (including phenoxy) is 1. The molecule has 4 N–H and O–H groups in total. The lowest BCUT2D eigenvalue weighted by molar-refractivity contribution is -0.138. The van der Waals surface area contributed by atoms with Crippen LogP contribution in [0.5, 0.6) is 5.75 Å². The highest BCUT2D eigenvalue weighted by atomic mass is 16.5. The molecule has 4 rings (SSSR count). The van der Waals surface area contributed by atoms with Gasteiger partial charge in [-0.1, -0.05) is 30.3 Å². The number of urea groups is 1. The molecule has 0 spiro atoms. The molecule has 0 saturated heterocycles. The van der Waals surface area contributed by atoms with Gasteiger partial charge >= 0.3 is 18.0 Å². The van der Waals surface area contributed by atoms with Gasteiger partial charge < -0.3 is 35.4 Å². The predicted molar refractivity (Wildman–Crippen MR) is 164 cm³/mol. The van der Waals surface area contributed by atoms with Crippen LogP contribution in [-0.2, 0) is 32.0 Å². The molecule has 0 unspecified atom stereocenters. The summed E-state index contributed by atoms with van der Waals surface area (Å²) in [6.07, 6.45) is -0.401. The molecule has 1 aliphatic rings. The molecule has 0 bridgehead atoms. The third-order valence-electron chi connectivity index (χ3n) is 7.21. The number of carboxylic acids is 2. The summed E-state index contributed by atoms with van der Waals surface area (Å²) in [6.45, 7) is 2.23. The molecule has 0 aliphatic carbocycles.